The second-order valence-corrected chi connectivity index (χ2v) is 5.11. The van der Waals surface area contributed by atoms with E-state index in [0.29, 0.717) is 0 Å². The van der Waals surface area contributed by atoms with Gasteiger partial charge in [0.05, 0.1) is 0 Å². The van der Waals surface area contributed by atoms with Crippen LogP contribution < -0.4 is 5.32 Å². The fourth-order valence-corrected chi connectivity index (χ4v) is 2.69. The van der Waals surface area contributed by atoms with Gasteiger partial charge in [-0.3, -0.25) is 0 Å². The van der Waals surface area contributed by atoms with E-state index < -0.39 is 0 Å². The first-order valence-corrected chi connectivity index (χ1v) is 7.46. The average Bonchev–Trinajstić information content (AvgIpc) is 2.45. The highest BCUT2D eigenvalue weighted by Crippen LogP contribution is 2.28. The number of methoxy groups -OCH3 is 1. The molecule has 0 saturated heterocycles. The number of nitrogens with zero attached hydrogens (tertiary/aromatic N) is 2. The zero-order chi connectivity index (χ0) is 13.7. The van der Waals surface area contributed by atoms with Gasteiger partial charge in [-0.1, -0.05) is 13.3 Å². The molecule has 19 heavy (non-hydrogen) atoms. The standard InChI is InChI=1S/C15H25N3O/c1-4-8-13(19-3)15-17-12-10-7-6-9-11(12)14(18-15)16-5-2/h13H,4-10H2,1-3H3,(H,16,17,18). The minimum absolute atomic E-state index is 0.0228. The molecule has 1 aliphatic carbocycles. The molecule has 1 aromatic rings. The quantitative estimate of drug-likeness (QED) is 0.855. The maximum absolute atomic E-state index is 5.55. The molecular formula is C15H25N3O. The molecule has 4 heteroatoms. The number of ether oxygens (including phenoxy) is 1. The molecule has 0 aliphatic heterocycles. The molecule has 1 atom stereocenters. The zero-order valence-corrected chi connectivity index (χ0v) is 12.3. The fourth-order valence-electron chi connectivity index (χ4n) is 2.69. The summed E-state index contributed by atoms with van der Waals surface area (Å²) in [5.41, 5.74) is 2.55. The SMILES string of the molecule is CCCC(OC)c1nc2c(c(NCC)n1)CCCC2. The second-order valence-electron chi connectivity index (χ2n) is 5.11. The van der Waals surface area contributed by atoms with Crippen LogP contribution in [-0.2, 0) is 17.6 Å². The Labute approximate surface area is 116 Å². The summed E-state index contributed by atoms with van der Waals surface area (Å²) in [4.78, 5) is 9.49. The van der Waals surface area contributed by atoms with Crippen molar-refractivity contribution in [3.63, 3.8) is 0 Å². The van der Waals surface area contributed by atoms with Crippen molar-refractivity contribution >= 4 is 5.82 Å². The third-order valence-corrected chi connectivity index (χ3v) is 3.67. The van der Waals surface area contributed by atoms with Crippen LogP contribution in [-0.4, -0.2) is 23.6 Å². The summed E-state index contributed by atoms with van der Waals surface area (Å²) < 4.78 is 5.55. The lowest BCUT2D eigenvalue weighted by atomic mass is 9.96. The molecule has 0 amide bonds. The molecule has 1 unspecified atom stereocenters. The summed E-state index contributed by atoms with van der Waals surface area (Å²) >= 11 is 0. The van der Waals surface area contributed by atoms with Crippen LogP contribution in [0.2, 0.25) is 0 Å². The van der Waals surface area contributed by atoms with E-state index >= 15 is 0 Å². The minimum atomic E-state index is 0.0228. The van der Waals surface area contributed by atoms with E-state index in [1.807, 2.05) is 0 Å². The number of fused-ring (bicyclic) bond motifs is 1. The van der Waals surface area contributed by atoms with E-state index in [0.717, 1.165) is 43.9 Å². The molecule has 0 bridgehead atoms. The average molecular weight is 263 g/mol. The smallest absolute Gasteiger partial charge is 0.159 e. The summed E-state index contributed by atoms with van der Waals surface area (Å²) in [7, 11) is 1.75. The second kappa shape index (κ2) is 6.85. The molecule has 2 rings (SSSR count). The van der Waals surface area contributed by atoms with Gasteiger partial charge in [-0.15, -0.1) is 0 Å². The largest absolute Gasteiger partial charge is 0.373 e. The van der Waals surface area contributed by atoms with Gasteiger partial charge in [-0.25, -0.2) is 9.97 Å². The van der Waals surface area contributed by atoms with Crippen molar-refractivity contribution in [3.05, 3.63) is 17.1 Å². The van der Waals surface area contributed by atoms with E-state index in [4.69, 9.17) is 14.7 Å². The summed E-state index contributed by atoms with van der Waals surface area (Å²) in [6.07, 6.45) is 6.73. The Morgan fingerprint density at radius 1 is 1.21 bits per heavy atom. The van der Waals surface area contributed by atoms with Crippen LogP contribution in [0.5, 0.6) is 0 Å². The van der Waals surface area contributed by atoms with Crippen molar-refractivity contribution in [2.75, 3.05) is 19.0 Å². The van der Waals surface area contributed by atoms with Crippen molar-refractivity contribution in [2.45, 2.75) is 58.5 Å². The molecule has 1 N–H and O–H groups in total. The number of aryl methyl sites for hydroxylation is 1. The summed E-state index contributed by atoms with van der Waals surface area (Å²) in [6, 6.07) is 0. The molecule has 0 aromatic carbocycles. The molecule has 0 radical (unpaired) electrons. The molecular weight excluding hydrogens is 238 g/mol. The molecule has 1 aromatic heterocycles. The van der Waals surface area contributed by atoms with E-state index in [1.165, 1.54) is 24.1 Å². The van der Waals surface area contributed by atoms with Crippen molar-refractivity contribution in [1.29, 1.82) is 0 Å². The van der Waals surface area contributed by atoms with Gasteiger partial charge in [0.1, 0.15) is 11.9 Å². The maximum Gasteiger partial charge on any atom is 0.159 e. The number of anilines is 1. The lowest BCUT2D eigenvalue weighted by Gasteiger charge is -2.22. The number of hydrogen-bond acceptors (Lipinski definition) is 4. The Morgan fingerprint density at radius 2 is 2.00 bits per heavy atom. The van der Waals surface area contributed by atoms with E-state index in [9.17, 15) is 0 Å². The number of hydrogen-bond donors (Lipinski definition) is 1. The highest BCUT2D eigenvalue weighted by Gasteiger charge is 2.21. The predicted octanol–water partition coefficient (Wildman–Crippen LogP) is 3.27. The van der Waals surface area contributed by atoms with Gasteiger partial charge in [-0.2, -0.15) is 0 Å². The molecule has 4 nitrogen and oxygen atoms in total. The molecule has 1 heterocycles. The predicted molar refractivity (Wildman–Crippen MR) is 77.5 cm³/mol. The van der Waals surface area contributed by atoms with Crippen molar-refractivity contribution in [3.8, 4) is 0 Å². The highest BCUT2D eigenvalue weighted by atomic mass is 16.5. The van der Waals surface area contributed by atoms with Crippen LogP contribution in [0.4, 0.5) is 5.82 Å². The Balaban J connectivity index is 2.36. The van der Waals surface area contributed by atoms with Crippen LogP contribution in [0.25, 0.3) is 0 Å². The topological polar surface area (TPSA) is 47.0 Å². The number of aromatic nitrogens is 2. The Morgan fingerprint density at radius 3 is 2.68 bits per heavy atom. The minimum Gasteiger partial charge on any atom is -0.373 e. The van der Waals surface area contributed by atoms with Crippen LogP contribution in [0.3, 0.4) is 0 Å². The van der Waals surface area contributed by atoms with Gasteiger partial charge in [-0.05, 0) is 39.0 Å². The number of rotatable bonds is 6. The maximum atomic E-state index is 5.55. The lowest BCUT2D eigenvalue weighted by molar-refractivity contribution is 0.0874. The summed E-state index contributed by atoms with van der Waals surface area (Å²) in [5, 5.41) is 3.39. The normalized spacial score (nSPS) is 15.9. The summed E-state index contributed by atoms with van der Waals surface area (Å²) in [6.45, 7) is 5.17. The zero-order valence-electron chi connectivity index (χ0n) is 12.3. The van der Waals surface area contributed by atoms with Gasteiger partial charge in [0.15, 0.2) is 5.82 Å². The highest BCUT2D eigenvalue weighted by molar-refractivity contribution is 5.48. The van der Waals surface area contributed by atoms with Gasteiger partial charge < -0.3 is 10.1 Å². The van der Waals surface area contributed by atoms with E-state index in [1.54, 1.807) is 7.11 Å². The monoisotopic (exact) mass is 263 g/mol. The molecule has 0 fully saturated rings. The van der Waals surface area contributed by atoms with Crippen LogP contribution in [0, 0.1) is 0 Å². The first-order valence-electron chi connectivity index (χ1n) is 7.46. The Bertz CT molecular complexity index is 420. The van der Waals surface area contributed by atoms with Crippen molar-refractivity contribution in [1.82, 2.24) is 9.97 Å². The van der Waals surface area contributed by atoms with Gasteiger partial charge in [0.2, 0.25) is 0 Å². The van der Waals surface area contributed by atoms with Gasteiger partial charge >= 0.3 is 0 Å². The van der Waals surface area contributed by atoms with Crippen molar-refractivity contribution < 1.29 is 4.74 Å². The van der Waals surface area contributed by atoms with Crippen LogP contribution in [0.1, 0.15) is 62.7 Å². The van der Waals surface area contributed by atoms with E-state index in [2.05, 4.69) is 19.2 Å². The molecule has 106 valence electrons. The molecule has 1 aliphatic rings. The van der Waals surface area contributed by atoms with Gasteiger partial charge in [0, 0.05) is 24.9 Å². The van der Waals surface area contributed by atoms with Gasteiger partial charge in [0.25, 0.3) is 0 Å². The Kier molecular flexibility index (Phi) is 5.14. The number of nitrogens with one attached hydrogen (secondary N) is 1. The molecule has 0 spiro atoms. The van der Waals surface area contributed by atoms with Crippen LogP contribution >= 0.6 is 0 Å². The first kappa shape index (κ1) is 14.3. The summed E-state index contributed by atoms with van der Waals surface area (Å²) in [5.74, 6) is 1.88. The van der Waals surface area contributed by atoms with Crippen LogP contribution in [0.15, 0.2) is 0 Å². The van der Waals surface area contributed by atoms with E-state index in [-0.39, 0.29) is 6.10 Å². The third-order valence-electron chi connectivity index (χ3n) is 3.67. The lowest BCUT2D eigenvalue weighted by Crippen LogP contribution is -2.17. The first-order chi connectivity index (χ1) is 9.30. The fraction of sp³-hybridized carbons (Fsp3) is 0.733. The van der Waals surface area contributed by atoms with Crippen molar-refractivity contribution in [2.24, 2.45) is 0 Å². The molecule has 0 saturated carbocycles. The Hall–Kier alpha value is -1.16. The third kappa shape index (κ3) is 3.24.